The molecule has 0 aliphatic carbocycles. The number of hydrogen-bond acceptors (Lipinski definition) is 6. The van der Waals surface area contributed by atoms with Crippen molar-refractivity contribution in [3.05, 3.63) is 72.9 Å². The Bertz CT molecular complexity index is 1320. The van der Waals surface area contributed by atoms with Crippen molar-refractivity contribution < 1.29 is 28.6 Å². The summed E-state index contributed by atoms with van der Waals surface area (Å²) in [5.41, 5.74) is 0. The van der Waals surface area contributed by atoms with Gasteiger partial charge in [0.1, 0.15) is 13.2 Å². The van der Waals surface area contributed by atoms with Gasteiger partial charge in [0.25, 0.3) is 0 Å². The van der Waals surface area contributed by atoms with E-state index >= 15 is 0 Å². The van der Waals surface area contributed by atoms with E-state index in [0.717, 1.165) is 83.5 Å². The molecular formula is C65H114O6. The van der Waals surface area contributed by atoms with E-state index in [0.29, 0.717) is 19.3 Å². The maximum atomic E-state index is 12.9. The predicted octanol–water partition coefficient (Wildman–Crippen LogP) is 20.5. The van der Waals surface area contributed by atoms with Gasteiger partial charge in [0.15, 0.2) is 6.10 Å². The fourth-order valence-corrected chi connectivity index (χ4v) is 8.60. The van der Waals surface area contributed by atoms with Gasteiger partial charge in [-0.25, -0.2) is 0 Å². The first-order valence-corrected chi connectivity index (χ1v) is 30.4. The molecule has 0 aromatic carbocycles. The number of hydrogen-bond donors (Lipinski definition) is 0. The lowest BCUT2D eigenvalue weighted by Crippen LogP contribution is -2.30. The number of esters is 3. The average Bonchev–Trinajstić information content (AvgIpc) is 3.37. The second-order valence-corrected chi connectivity index (χ2v) is 20.2. The number of ether oxygens (including phenoxy) is 3. The molecule has 0 saturated carbocycles. The monoisotopic (exact) mass is 991 g/mol. The van der Waals surface area contributed by atoms with E-state index in [1.165, 1.54) is 180 Å². The quantitative estimate of drug-likeness (QED) is 0.0261. The highest BCUT2D eigenvalue weighted by atomic mass is 16.6. The Balaban J connectivity index is 4.40. The van der Waals surface area contributed by atoms with Gasteiger partial charge >= 0.3 is 17.9 Å². The van der Waals surface area contributed by atoms with Crippen molar-refractivity contribution >= 4 is 17.9 Å². The first-order valence-electron chi connectivity index (χ1n) is 30.4. The molecular weight excluding hydrogens is 877 g/mol. The molecule has 0 amide bonds. The lowest BCUT2D eigenvalue weighted by Gasteiger charge is -2.18. The van der Waals surface area contributed by atoms with Crippen LogP contribution in [0.15, 0.2) is 72.9 Å². The first-order chi connectivity index (χ1) is 35.0. The largest absolute Gasteiger partial charge is 0.462 e. The minimum atomic E-state index is -0.795. The summed E-state index contributed by atoms with van der Waals surface area (Å²) in [4.78, 5) is 38.2. The highest BCUT2D eigenvalue weighted by Crippen LogP contribution is 2.16. The maximum absolute atomic E-state index is 12.9. The Morgan fingerprint density at radius 3 is 0.901 bits per heavy atom. The Morgan fingerprint density at radius 2 is 0.549 bits per heavy atom. The van der Waals surface area contributed by atoms with Gasteiger partial charge in [-0.2, -0.15) is 0 Å². The number of carbonyl (C=O) groups is 3. The highest BCUT2D eigenvalue weighted by molar-refractivity contribution is 5.71. The molecule has 0 rings (SSSR count). The van der Waals surface area contributed by atoms with E-state index in [-0.39, 0.29) is 31.1 Å². The lowest BCUT2D eigenvalue weighted by molar-refractivity contribution is -0.167. The summed E-state index contributed by atoms with van der Waals surface area (Å²) in [5.74, 6) is -0.925. The SMILES string of the molecule is CC/C=C\C/C=C\C/C=C\C/C=C\CCCCC(=O)OC[C@H](COC(=O)CCCCCCCCCCC/C=C\CCCCCCCC)OC(=O)CCCCCCCCCCC/C=C\CCCCCCCC. The fraction of sp³-hybridized carbons (Fsp3) is 0.769. The normalized spacial score (nSPS) is 12.5. The third-order valence-electron chi connectivity index (χ3n) is 13.2. The molecule has 6 heteroatoms. The molecule has 0 aromatic heterocycles. The van der Waals surface area contributed by atoms with Crippen LogP contribution in [0.3, 0.4) is 0 Å². The van der Waals surface area contributed by atoms with Gasteiger partial charge in [-0.1, -0.05) is 248 Å². The van der Waals surface area contributed by atoms with E-state index in [9.17, 15) is 14.4 Å². The zero-order valence-corrected chi connectivity index (χ0v) is 47.0. The van der Waals surface area contributed by atoms with Crippen LogP contribution in [0.25, 0.3) is 0 Å². The van der Waals surface area contributed by atoms with Crippen molar-refractivity contribution in [2.24, 2.45) is 0 Å². The molecule has 0 heterocycles. The van der Waals surface area contributed by atoms with E-state index in [1.54, 1.807) is 0 Å². The van der Waals surface area contributed by atoms with Crippen LogP contribution < -0.4 is 0 Å². The Labute approximate surface area is 440 Å². The number of carbonyl (C=O) groups excluding carboxylic acids is 3. The van der Waals surface area contributed by atoms with Gasteiger partial charge < -0.3 is 14.2 Å². The molecule has 410 valence electrons. The molecule has 0 fully saturated rings. The Kier molecular flexibility index (Phi) is 56.8. The van der Waals surface area contributed by atoms with E-state index < -0.39 is 6.10 Å². The predicted molar refractivity (Wildman–Crippen MR) is 307 cm³/mol. The molecule has 0 aliphatic rings. The van der Waals surface area contributed by atoms with E-state index in [1.807, 2.05) is 0 Å². The van der Waals surface area contributed by atoms with Crippen molar-refractivity contribution in [1.82, 2.24) is 0 Å². The van der Waals surface area contributed by atoms with Crippen LogP contribution in [-0.2, 0) is 28.6 Å². The summed E-state index contributed by atoms with van der Waals surface area (Å²) in [6, 6.07) is 0. The van der Waals surface area contributed by atoms with Crippen LogP contribution in [0.5, 0.6) is 0 Å². The molecule has 71 heavy (non-hydrogen) atoms. The molecule has 0 saturated heterocycles. The molecule has 6 nitrogen and oxygen atoms in total. The first kappa shape index (κ1) is 67.8. The number of rotatable bonds is 55. The second kappa shape index (κ2) is 59.4. The summed E-state index contributed by atoms with van der Waals surface area (Å²) >= 11 is 0. The second-order valence-electron chi connectivity index (χ2n) is 20.2. The summed E-state index contributed by atoms with van der Waals surface area (Å²) in [7, 11) is 0. The van der Waals surface area contributed by atoms with Crippen LogP contribution in [-0.4, -0.2) is 37.2 Å². The van der Waals surface area contributed by atoms with Crippen LogP contribution in [0, 0.1) is 0 Å². The smallest absolute Gasteiger partial charge is 0.306 e. The van der Waals surface area contributed by atoms with Crippen molar-refractivity contribution in [3.8, 4) is 0 Å². The van der Waals surface area contributed by atoms with E-state index in [4.69, 9.17) is 14.2 Å². The minimum absolute atomic E-state index is 0.0892. The van der Waals surface area contributed by atoms with Crippen LogP contribution >= 0.6 is 0 Å². The van der Waals surface area contributed by atoms with Crippen molar-refractivity contribution in [2.75, 3.05) is 13.2 Å². The zero-order chi connectivity index (χ0) is 51.4. The van der Waals surface area contributed by atoms with E-state index in [2.05, 4.69) is 93.7 Å². The maximum Gasteiger partial charge on any atom is 0.306 e. The Hall–Kier alpha value is -3.15. The standard InChI is InChI=1S/C65H114O6/c1-4-7-10-13-16-19-22-25-28-30-32-34-37-40-43-46-49-52-55-58-64(67)70-61-62(60-69-63(66)57-54-51-48-45-42-39-36-27-24-21-18-15-12-9-6-3)71-65(68)59-56-53-50-47-44-41-38-35-33-31-29-26-23-20-17-14-11-8-5-2/h9,12,18,21,25-29,36,42,45,62H,4-8,10-11,13-17,19-20,22-24,30-35,37-41,43-44,46-61H2,1-3H3/b12-9-,21-18-,28-25-,29-26-,36-27-,45-42-/t62-/m1/s1. The molecule has 0 aliphatic heterocycles. The molecule has 0 bridgehead atoms. The number of allylic oxidation sites excluding steroid dienone is 12. The molecule has 0 aromatic rings. The van der Waals surface area contributed by atoms with Gasteiger partial charge in [-0.05, 0) is 109 Å². The van der Waals surface area contributed by atoms with Gasteiger partial charge in [0, 0.05) is 19.3 Å². The topological polar surface area (TPSA) is 78.9 Å². The summed E-state index contributed by atoms with van der Waals surface area (Å²) < 4.78 is 16.9. The number of unbranched alkanes of at least 4 members (excludes halogenated alkanes) is 32. The van der Waals surface area contributed by atoms with Crippen LogP contribution in [0.1, 0.15) is 303 Å². The van der Waals surface area contributed by atoms with Crippen molar-refractivity contribution in [3.63, 3.8) is 0 Å². The third-order valence-corrected chi connectivity index (χ3v) is 13.2. The lowest BCUT2D eigenvalue weighted by atomic mass is 10.1. The van der Waals surface area contributed by atoms with Crippen LogP contribution in [0.4, 0.5) is 0 Å². The highest BCUT2D eigenvalue weighted by Gasteiger charge is 2.19. The molecule has 0 N–H and O–H groups in total. The molecule has 0 unspecified atom stereocenters. The molecule has 0 radical (unpaired) electrons. The average molecular weight is 992 g/mol. The zero-order valence-electron chi connectivity index (χ0n) is 47.0. The Morgan fingerprint density at radius 1 is 0.296 bits per heavy atom. The van der Waals surface area contributed by atoms with Gasteiger partial charge in [0.2, 0.25) is 0 Å². The van der Waals surface area contributed by atoms with Gasteiger partial charge in [-0.15, -0.1) is 0 Å². The fourth-order valence-electron chi connectivity index (χ4n) is 8.60. The minimum Gasteiger partial charge on any atom is -0.462 e. The van der Waals surface area contributed by atoms with Gasteiger partial charge in [0.05, 0.1) is 0 Å². The summed E-state index contributed by atoms with van der Waals surface area (Å²) in [6.07, 6.45) is 76.1. The summed E-state index contributed by atoms with van der Waals surface area (Å²) in [5, 5.41) is 0. The van der Waals surface area contributed by atoms with Crippen LogP contribution in [0.2, 0.25) is 0 Å². The third kappa shape index (κ3) is 57.6. The van der Waals surface area contributed by atoms with Gasteiger partial charge in [-0.3, -0.25) is 14.4 Å². The van der Waals surface area contributed by atoms with Crippen molar-refractivity contribution in [2.45, 2.75) is 309 Å². The van der Waals surface area contributed by atoms with Crippen molar-refractivity contribution in [1.29, 1.82) is 0 Å². The molecule has 0 spiro atoms. The summed E-state index contributed by atoms with van der Waals surface area (Å²) in [6.45, 7) is 6.51. The molecule has 1 atom stereocenters.